The van der Waals surface area contributed by atoms with E-state index in [1.807, 2.05) is 55.6 Å². The highest BCUT2D eigenvalue weighted by atomic mass is 16.3. The lowest BCUT2D eigenvalue weighted by Gasteiger charge is -2.41. The van der Waals surface area contributed by atoms with Gasteiger partial charge >= 0.3 is 0 Å². The van der Waals surface area contributed by atoms with Crippen molar-refractivity contribution in [1.82, 2.24) is 14.7 Å². The number of benzene rings is 4. The van der Waals surface area contributed by atoms with E-state index >= 15 is 0 Å². The maximum atomic E-state index is 14.0. The van der Waals surface area contributed by atoms with Crippen LogP contribution in [0.1, 0.15) is 36.1 Å². The Kier molecular flexibility index (Phi) is 8.99. The normalized spacial score (nSPS) is 18.5. The molecule has 0 aromatic heterocycles. The summed E-state index contributed by atoms with van der Waals surface area (Å²) in [5.41, 5.74) is 4.04. The Balaban J connectivity index is 1.55. The molecule has 212 valence electrons. The third-order valence-corrected chi connectivity index (χ3v) is 8.57. The van der Waals surface area contributed by atoms with Crippen molar-refractivity contribution in [3.63, 3.8) is 0 Å². The van der Waals surface area contributed by atoms with Gasteiger partial charge in [0.1, 0.15) is 6.04 Å². The van der Waals surface area contributed by atoms with Crippen molar-refractivity contribution in [3.8, 4) is 0 Å². The summed E-state index contributed by atoms with van der Waals surface area (Å²) in [5.74, 6) is -0.0455. The molecule has 0 aliphatic carbocycles. The van der Waals surface area contributed by atoms with E-state index in [9.17, 15) is 9.90 Å². The summed E-state index contributed by atoms with van der Waals surface area (Å²) in [6.07, 6.45) is -0.308. The zero-order valence-corrected chi connectivity index (χ0v) is 24.3. The largest absolute Gasteiger partial charge is 0.389 e. The minimum atomic E-state index is -0.928. The summed E-state index contributed by atoms with van der Waals surface area (Å²) in [6.45, 7) is 6.02. The first-order valence-electron chi connectivity index (χ1n) is 14.5. The van der Waals surface area contributed by atoms with Gasteiger partial charge in [0.05, 0.1) is 11.8 Å². The molecule has 0 saturated carbocycles. The van der Waals surface area contributed by atoms with Gasteiger partial charge in [0, 0.05) is 32.7 Å². The van der Waals surface area contributed by atoms with Crippen molar-refractivity contribution in [2.45, 2.75) is 63.8 Å². The second-order valence-electron chi connectivity index (χ2n) is 11.6. The number of aliphatic hydroxyl groups excluding tert-OH is 1. The van der Waals surface area contributed by atoms with Gasteiger partial charge in [0.2, 0.25) is 5.91 Å². The summed E-state index contributed by atoms with van der Waals surface area (Å²) in [7, 11) is 1.85. The van der Waals surface area contributed by atoms with Crippen molar-refractivity contribution in [3.05, 3.63) is 144 Å². The molecule has 4 aromatic rings. The van der Waals surface area contributed by atoms with Gasteiger partial charge < -0.3 is 10.0 Å². The molecule has 1 N–H and O–H groups in total. The van der Waals surface area contributed by atoms with Crippen molar-refractivity contribution in [2.24, 2.45) is 0 Å². The van der Waals surface area contributed by atoms with E-state index < -0.39 is 17.8 Å². The molecule has 1 aliphatic rings. The third-order valence-electron chi connectivity index (χ3n) is 8.57. The molecule has 1 aliphatic heterocycles. The molecule has 41 heavy (non-hydrogen) atoms. The number of rotatable bonds is 11. The number of amides is 1. The molecule has 3 atom stereocenters. The molecule has 1 heterocycles. The van der Waals surface area contributed by atoms with Crippen LogP contribution in [0.5, 0.6) is 0 Å². The molecule has 0 unspecified atom stereocenters. The van der Waals surface area contributed by atoms with E-state index in [4.69, 9.17) is 0 Å². The van der Waals surface area contributed by atoms with Crippen molar-refractivity contribution in [1.29, 1.82) is 0 Å². The van der Waals surface area contributed by atoms with Crippen LogP contribution in [0.4, 0.5) is 0 Å². The molecular weight excluding hydrogens is 506 g/mol. The number of carbonyl (C=O) groups excluding carboxylic acids is 1. The smallest absolute Gasteiger partial charge is 0.243 e. The van der Waals surface area contributed by atoms with Gasteiger partial charge in [-0.3, -0.25) is 14.6 Å². The van der Waals surface area contributed by atoms with Crippen LogP contribution in [0.3, 0.4) is 0 Å². The zero-order valence-electron chi connectivity index (χ0n) is 24.3. The van der Waals surface area contributed by atoms with E-state index in [0.717, 1.165) is 11.1 Å². The minimum absolute atomic E-state index is 0.0455. The summed E-state index contributed by atoms with van der Waals surface area (Å²) in [4.78, 5) is 20.3. The Hall–Kier alpha value is -3.77. The molecule has 5 rings (SSSR count). The van der Waals surface area contributed by atoms with E-state index in [2.05, 4.69) is 96.4 Å². The van der Waals surface area contributed by atoms with E-state index in [1.54, 1.807) is 4.90 Å². The van der Waals surface area contributed by atoms with E-state index in [-0.39, 0.29) is 11.9 Å². The van der Waals surface area contributed by atoms with Crippen LogP contribution < -0.4 is 0 Å². The highest BCUT2D eigenvalue weighted by molar-refractivity contribution is 5.85. The topological polar surface area (TPSA) is 47.0 Å². The number of nitrogens with zero attached hydrogens (tertiary/aromatic N) is 3. The Bertz CT molecular complexity index is 1340. The van der Waals surface area contributed by atoms with E-state index in [1.165, 1.54) is 11.1 Å². The van der Waals surface area contributed by atoms with Crippen LogP contribution in [0.25, 0.3) is 0 Å². The van der Waals surface area contributed by atoms with Gasteiger partial charge in [0.25, 0.3) is 0 Å². The Labute approximate surface area is 244 Å². The summed E-state index contributed by atoms with van der Waals surface area (Å²) < 4.78 is 0. The van der Waals surface area contributed by atoms with Crippen LogP contribution >= 0.6 is 0 Å². The third kappa shape index (κ3) is 6.59. The average Bonchev–Trinajstić information content (AvgIpc) is 3.16. The van der Waals surface area contributed by atoms with Crippen LogP contribution in [-0.4, -0.2) is 56.6 Å². The lowest BCUT2D eigenvalue weighted by atomic mass is 9.92. The van der Waals surface area contributed by atoms with Gasteiger partial charge in [-0.25, -0.2) is 0 Å². The van der Waals surface area contributed by atoms with E-state index in [0.29, 0.717) is 26.1 Å². The molecule has 0 spiro atoms. The lowest BCUT2D eigenvalue weighted by molar-refractivity contribution is -0.133. The van der Waals surface area contributed by atoms with Crippen molar-refractivity contribution >= 4 is 5.91 Å². The average molecular weight is 548 g/mol. The number of aliphatic hydroxyl groups is 1. The summed E-state index contributed by atoms with van der Waals surface area (Å²) in [5, 5.41) is 12.4. The molecule has 1 fully saturated rings. The molecular formula is C36H41N3O2. The van der Waals surface area contributed by atoms with Crippen LogP contribution in [-0.2, 0) is 30.8 Å². The van der Waals surface area contributed by atoms with Gasteiger partial charge in [-0.05, 0) is 42.5 Å². The first kappa shape index (κ1) is 28.7. The van der Waals surface area contributed by atoms with Crippen LogP contribution in [0, 0.1) is 0 Å². The molecule has 5 nitrogen and oxygen atoms in total. The van der Waals surface area contributed by atoms with Gasteiger partial charge in [-0.2, -0.15) is 0 Å². The minimum Gasteiger partial charge on any atom is -0.389 e. The Morgan fingerprint density at radius 1 is 0.707 bits per heavy atom. The monoisotopic (exact) mass is 547 g/mol. The fourth-order valence-electron chi connectivity index (χ4n) is 5.99. The Morgan fingerprint density at radius 3 is 1.59 bits per heavy atom. The number of hydrogen-bond donors (Lipinski definition) is 1. The van der Waals surface area contributed by atoms with Crippen molar-refractivity contribution < 1.29 is 9.90 Å². The number of hydrogen-bond acceptors (Lipinski definition) is 4. The van der Waals surface area contributed by atoms with Crippen LogP contribution in [0.2, 0.25) is 0 Å². The maximum Gasteiger partial charge on any atom is 0.243 e. The highest BCUT2D eigenvalue weighted by Gasteiger charge is 2.54. The SMILES string of the molecule is CN1C(=O)[C@H]([C@@H](O)[C@H](Cc2ccccc2)N(Cc2ccccc2)Cc2ccccc2)N(Cc2ccccc2)C1(C)C. The van der Waals surface area contributed by atoms with Gasteiger partial charge in [-0.1, -0.05) is 121 Å². The quantitative estimate of drug-likeness (QED) is 0.260. The Morgan fingerprint density at radius 2 is 1.12 bits per heavy atom. The molecule has 1 amide bonds. The summed E-state index contributed by atoms with van der Waals surface area (Å²) >= 11 is 0. The summed E-state index contributed by atoms with van der Waals surface area (Å²) in [6, 6.07) is 40.3. The predicted octanol–water partition coefficient (Wildman–Crippen LogP) is 5.74. The predicted molar refractivity (Wildman–Crippen MR) is 165 cm³/mol. The second-order valence-corrected chi connectivity index (χ2v) is 11.6. The number of likely N-dealkylation sites (N-methyl/N-ethyl adjacent to an activating group) is 1. The molecule has 1 saturated heterocycles. The molecule has 4 aromatic carbocycles. The standard InChI is InChI=1S/C36H41N3O2/c1-36(2)37(3)35(41)33(39(36)27-31-22-14-7-15-23-31)34(40)32(24-28-16-8-4-9-17-28)38(25-29-18-10-5-11-19-29)26-30-20-12-6-13-21-30/h4-23,32-34,40H,24-27H2,1-3H3/t32-,33-,34-/m0/s1. The highest BCUT2D eigenvalue weighted by Crippen LogP contribution is 2.36. The zero-order chi connectivity index (χ0) is 28.8. The number of carbonyl (C=O) groups is 1. The fraction of sp³-hybridized carbons (Fsp3) is 0.306. The molecule has 0 bridgehead atoms. The maximum absolute atomic E-state index is 14.0. The lowest BCUT2D eigenvalue weighted by Crippen LogP contribution is -2.56. The molecule has 0 radical (unpaired) electrons. The first-order valence-corrected chi connectivity index (χ1v) is 14.5. The molecule has 5 heteroatoms. The first-order chi connectivity index (χ1) is 19.8. The van der Waals surface area contributed by atoms with Crippen LogP contribution in [0.15, 0.2) is 121 Å². The fourth-order valence-corrected chi connectivity index (χ4v) is 5.99. The van der Waals surface area contributed by atoms with Gasteiger partial charge in [0.15, 0.2) is 0 Å². The van der Waals surface area contributed by atoms with Crippen molar-refractivity contribution in [2.75, 3.05) is 7.05 Å². The second kappa shape index (κ2) is 12.8. The van der Waals surface area contributed by atoms with Gasteiger partial charge in [-0.15, -0.1) is 0 Å².